The molecular formula is C11H8BrCl2N3O. The third kappa shape index (κ3) is 2.85. The van der Waals surface area contributed by atoms with Crippen LogP contribution in [0.1, 0.15) is 16.1 Å². The number of H-pyrrole nitrogens is 1. The van der Waals surface area contributed by atoms with Gasteiger partial charge in [0.15, 0.2) is 0 Å². The Morgan fingerprint density at radius 1 is 1.44 bits per heavy atom. The Kier molecular flexibility index (Phi) is 3.94. The summed E-state index contributed by atoms with van der Waals surface area (Å²) in [5.74, 6) is 0.112. The van der Waals surface area contributed by atoms with Crippen LogP contribution in [-0.2, 0) is 0 Å². The number of aryl methyl sites for hydroxylation is 1. The summed E-state index contributed by atoms with van der Waals surface area (Å²) in [5.41, 5.74) is 1.26. The fourth-order valence-electron chi connectivity index (χ4n) is 1.32. The van der Waals surface area contributed by atoms with Gasteiger partial charge in [0.2, 0.25) is 0 Å². The average Bonchev–Trinajstić information content (AvgIpc) is 2.65. The van der Waals surface area contributed by atoms with Crippen LogP contribution in [-0.4, -0.2) is 15.9 Å². The van der Waals surface area contributed by atoms with Gasteiger partial charge in [-0.2, -0.15) is 0 Å². The zero-order chi connectivity index (χ0) is 13.3. The summed E-state index contributed by atoms with van der Waals surface area (Å²) in [4.78, 5) is 18.6. The van der Waals surface area contributed by atoms with Gasteiger partial charge in [-0.15, -0.1) is 0 Å². The zero-order valence-electron chi connectivity index (χ0n) is 9.22. The molecule has 0 unspecified atom stereocenters. The normalized spacial score (nSPS) is 10.4. The second kappa shape index (κ2) is 5.30. The van der Waals surface area contributed by atoms with Crippen molar-refractivity contribution in [1.29, 1.82) is 0 Å². The summed E-state index contributed by atoms with van der Waals surface area (Å²) < 4.78 is 0.881. The number of pyridine rings is 1. The maximum atomic E-state index is 11.9. The van der Waals surface area contributed by atoms with E-state index in [0.29, 0.717) is 10.8 Å². The smallest absolute Gasteiger partial charge is 0.273 e. The van der Waals surface area contributed by atoms with Crippen LogP contribution in [0.2, 0.25) is 10.2 Å². The van der Waals surface area contributed by atoms with E-state index >= 15 is 0 Å². The molecule has 0 fully saturated rings. The standard InChI is InChI=1S/C11H8BrCl2N3O/c1-5-2-9(15-4-6(5)12)17-11(18)8-3-7(13)10(14)16-8/h2-4,16H,1H3,(H,15,17,18). The monoisotopic (exact) mass is 347 g/mol. The summed E-state index contributed by atoms with van der Waals surface area (Å²) >= 11 is 14.8. The lowest BCUT2D eigenvalue weighted by molar-refractivity contribution is 0.102. The van der Waals surface area contributed by atoms with Crippen molar-refractivity contribution in [3.8, 4) is 0 Å². The molecule has 7 heteroatoms. The molecular weight excluding hydrogens is 341 g/mol. The van der Waals surface area contributed by atoms with Crippen LogP contribution in [0.15, 0.2) is 22.8 Å². The van der Waals surface area contributed by atoms with Crippen molar-refractivity contribution < 1.29 is 4.79 Å². The van der Waals surface area contributed by atoms with Gasteiger partial charge in [-0.3, -0.25) is 4.79 Å². The van der Waals surface area contributed by atoms with Crippen molar-refractivity contribution in [2.45, 2.75) is 6.92 Å². The SMILES string of the molecule is Cc1cc(NC(=O)c2cc(Cl)c(Cl)[nH]2)ncc1Br. The van der Waals surface area contributed by atoms with Gasteiger partial charge in [0.1, 0.15) is 16.7 Å². The molecule has 0 spiro atoms. The number of amides is 1. The molecule has 1 amide bonds. The van der Waals surface area contributed by atoms with Crippen LogP contribution < -0.4 is 5.32 Å². The van der Waals surface area contributed by atoms with Crippen molar-refractivity contribution in [1.82, 2.24) is 9.97 Å². The van der Waals surface area contributed by atoms with Gasteiger partial charge in [0.25, 0.3) is 5.91 Å². The summed E-state index contributed by atoms with van der Waals surface area (Å²) in [6.45, 7) is 1.91. The third-order valence-electron chi connectivity index (χ3n) is 2.26. The first-order valence-corrected chi connectivity index (χ1v) is 6.50. The predicted molar refractivity (Wildman–Crippen MR) is 75.4 cm³/mol. The Bertz CT molecular complexity index is 593. The number of rotatable bonds is 2. The minimum Gasteiger partial charge on any atom is -0.340 e. The molecule has 0 aliphatic rings. The largest absolute Gasteiger partial charge is 0.340 e. The summed E-state index contributed by atoms with van der Waals surface area (Å²) in [6, 6.07) is 3.22. The van der Waals surface area contributed by atoms with E-state index in [9.17, 15) is 4.79 Å². The van der Waals surface area contributed by atoms with Gasteiger partial charge in [0, 0.05) is 10.7 Å². The minimum atomic E-state index is -0.349. The first kappa shape index (κ1) is 13.4. The molecule has 0 saturated carbocycles. The van der Waals surface area contributed by atoms with Crippen LogP contribution in [0, 0.1) is 6.92 Å². The maximum absolute atomic E-state index is 11.9. The van der Waals surface area contributed by atoms with Gasteiger partial charge in [-0.25, -0.2) is 4.98 Å². The van der Waals surface area contributed by atoms with E-state index in [-0.39, 0.29) is 16.8 Å². The van der Waals surface area contributed by atoms with Crippen LogP contribution in [0.5, 0.6) is 0 Å². The molecule has 2 aromatic heterocycles. The Hall–Kier alpha value is -1.04. The van der Waals surface area contributed by atoms with Gasteiger partial charge < -0.3 is 10.3 Å². The number of hydrogen-bond donors (Lipinski definition) is 2. The molecule has 2 aromatic rings. The van der Waals surface area contributed by atoms with Crippen LogP contribution in [0.3, 0.4) is 0 Å². The lowest BCUT2D eigenvalue weighted by Crippen LogP contribution is -2.13. The van der Waals surface area contributed by atoms with Crippen molar-refractivity contribution in [2.24, 2.45) is 0 Å². The number of anilines is 1. The maximum Gasteiger partial charge on any atom is 0.273 e. The Balaban J connectivity index is 2.18. The third-order valence-corrected chi connectivity index (χ3v) is 3.78. The lowest BCUT2D eigenvalue weighted by atomic mass is 10.3. The number of aromatic nitrogens is 2. The van der Waals surface area contributed by atoms with Crippen molar-refractivity contribution in [2.75, 3.05) is 5.32 Å². The minimum absolute atomic E-state index is 0.238. The Morgan fingerprint density at radius 2 is 2.17 bits per heavy atom. The van der Waals surface area contributed by atoms with Gasteiger partial charge >= 0.3 is 0 Å². The van der Waals surface area contributed by atoms with Gasteiger partial charge in [0.05, 0.1) is 5.02 Å². The zero-order valence-corrected chi connectivity index (χ0v) is 12.3. The highest BCUT2D eigenvalue weighted by atomic mass is 79.9. The molecule has 0 aromatic carbocycles. The molecule has 18 heavy (non-hydrogen) atoms. The number of aromatic amines is 1. The first-order chi connectivity index (χ1) is 8.47. The number of hydrogen-bond acceptors (Lipinski definition) is 2. The summed E-state index contributed by atoms with van der Waals surface area (Å²) in [7, 11) is 0. The lowest BCUT2D eigenvalue weighted by Gasteiger charge is -2.04. The molecule has 0 aliphatic carbocycles. The quantitative estimate of drug-likeness (QED) is 0.860. The summed E-state index contributed by atoms with van der Waals surface area (Å²) in [6.07, 6.45) is 1.62. The number of nitrogens with zero attached hydrogens (tertiary/aromatic N) is 1. The predicted octanol–water partition coefficient (Wildman–Crippen LogP) is 4.04. The van der Waals surface area contributed by atoms with Crippen molar-refractivity contribution >= 4 is 50.9 Å². The fourth-order valence-corrected chi connectivity index (χ4v) is 1.85. The molecule has 4 nitrogen and oxygen atoms in total. The van der Waals surface area contributed by atoms with Crippen molar-refractivity contribution in [3.05, 3.63) is 44.2 Å². The number of nitrogens with one attached hydrogen (secondary N) is 2. The van der Waals surface area contributed by atoms with Crippen LogP contribution in [0.4, 0.5) is 5.82 Å². The Morgan fingerprint density at radius 3 is 2.72 bits per heavy atom. The molecule has 0 bridgehead atoms. The highest BCUT2D eigenvalue weighted by Crippen LogP contribution is 2.23. The highest BCUT2D eigenvalue weighted by Gasteiger charge is 2.12. The summed E-state index contributed by atoms with van der Waals surface area (Å²) in [5, 5.41) is 3.19. The van der Waals surface area contributed by atoms with E-state index in [0.717, 1.165) is 10.0 Å². The first-order valence-electron chi connectivity index (χ1n) is 4.95. The Labute approximate surface area is 122 Å². The molecule has 2 rings (SSSR count). The number of carbonyl (C=O) groups is 1. The number of carbonyl (C=O) groups excluding carboxylic acids is 1. The fraction of sp³-hybridized carbons (Fsp3) is 0.0909. The van der Waals surface area contributed by atoms with Crippen molar-refractivity contribution in [3.63, 3.8) is 0 Å². The highest BCUT2D eigenvalue weighted by molar-refractivity contribution is 9.10. The van der Waals surface area contributed by atoms with Crippen LogP contribution in [0.25, 0.3) is 0 Å². The van der Waals surface area contributed by atoms with E-state index in [4.69, 9.17) is 23.2 Å². The molecule has 94 valence electrons. The van der Waals surface area contributed by atoms with Gasteiger partial charge in [-0.1, -0.05) is 23.2 Å². The second-order valence-corrected chi connectivity index (χ2v) is 5.26. The molecule has 2 heterocycles. The van der Waals surface area contributed by atoms with E-state index < -0.39 is 0 Å². The van der Waals surface area contributed by atoms with E-state index in [1.807, 2.05) is 6.92 Å². The van der Waals surface area contributed by atoms with E-state index in [1.54, 1.807) is 12.3 Å². The van der Waals surface area contributed by atoms with E-state index in [1.165, 1.54) is 6.07 Å². The molecule has 0 radical (unpaired) electrons. The number of halogens is 3. The van der Waals surface area contributed by atoms with Crippen LogP contribution >= 0.6 is 39.1 Å². The average molecular weight is 349 g/mol. The topological polar surface area (TPSA) is 57.8 Å². The molecule has 2 N–H and O–H groups in total. The molecule has 0 aliphatic heterocycles. The molecule has 0 saturated heterocycles. The van der Waals surface area contributed by atoms with Gasteiger partial charge in [-0.05, 0) is 40.5 Å². The van der Waals surface area contributed by atoms with E-state index in [2.05, 4.69) is 31.2 Å². The second-order valence-electron chi connectivity index (χ2n) is 3.62. The molecule has 0 atom stereocenters.